The minimum absolute atomic E-state index is 0.147. The zero-order valence-corrected chi connectivity index (χ0v) is 16.1. The molecule has 0 saturated carbocycles. The molecule has 0 aliphatic heterocycles. The van der Waals surface area contributed by atoms with Crippen LogP contribution in [0, 0.1) is 10.8 Å². The number of hydrogen-bond acceptors (Lipinski definition) is 0. The van der Waals surface area contributed by atoms with Crippen molar-refractivity contribution >= 4 is 11.6 Å². The van der Waals surface area contributed by atoms with Crippen molar-refractivity contribution in [3.63, 3.8) is 0 Å². The molecule has 0 atom stereocenters. The average molecular weight is 319 g/mol. The molecule has 0 nitrogen and oxygen atoms in total. The Morgan fingerprint density at radius 3 is 2.42 bits per heavy atom. The molecule has 0 aromatic heterocycles. The zero-order valence-electron chi connectivity index (χ0n) is 16.1. The summed E-state index contributed by atoms with van der Waals surface area (Å²) >= 11 is 0. The number of allylic oxidation sites excluding steroid dienone is 4. The summed E-state index contributed by atoms with van der Waals surface area (Å²) in [4.78, 5) is 0. The van der Waals surface area contributed by atoms with Crippen molar-refractivity contribution < 1.29 is 0 Å². The Kier molecular flexibility index (Phi) is 3.30. The number of benzene rings is 1. The normalized spacial score (nSPS) is 23.5. The number of rotatable bonds is 1. The van der Waals surface area contributed by atoms with Crippen molar-refractivity contribution in [2.75, 3.05) is 0 Å². The molecule has 0 saturated heterocycles. The fourth-order valence-corrected chi connectivity index (χ4v) is 4.93. The van der Waals surface area contributed by atoms with Crippen molar-refractivity contribution in [2.45, 2.75) is 66.7 Å². The maximum absolute atomic E-state index is 2.56. The molecule has 3 aliphatic rings. The molecule has 1 aromatic carbocycles. The maximum atomic E-state index is 2.56. The smallest absolute Gasteiger partial charge is 0.00903 e. The van der Waals surface area contributed by atoms with E-state index in [9.17, 15) is 0 Å². The fraction of sp³-hybridized carbons (Fsp3) is 0.500. The van der Waals surface area contributed by atoms with Crippen LogP contribution in [0.3, 0.4) is 0 Å². The van der Waals surface area contributed by atoms with Crippen molar-refractivity contribution in [1.29, 1.82) is 0 Å². The van der Waals surface area contributed by atoms with E-state index in [-0.39, 0.29) is 5.41 Å². The number of fused-ring (bicyclic) bond motifs is 3. The third kappa shape index (κ3) is 2.34. The lowest BCUT2D eigenvalue weighted by molar-refractivity contribution is 0.420. The lowest BCUT2D eigenvalue weighted by atomic mass is 9.73. The summed E-state index contributed by atoms with van der Waals surface area (Å²) in [5.74, 6) is 0.587. The SMILES string of the molecule is CC(C)c1ccc2c(c1)=C1CC3=CC(C)(C)CCC3=C1C(C)(C)C=2. The van der Waals surface area contributed by atoms with E-state index in [1.54, 1.807) is 22.3 Å². The van der Waals surface area contributed by atoms with Crippen LogP contribution in [0.15, 0.2) is 41.0 Å². The molecular weight excluding hydrogens is 288 g/mol. The van der Waals surface area contributed by atoms with Crippen LogP contribution in [0.25, 0.3) is 11.6 Å². The van der Waals surface area contributed by atoms with Crippen molar-refractivity contribution in [1.82, 2.24) is 0 Å². The monoisotopic (exact) mass is 318 g/mol. The highest BCUT2D eigenvalue weighted by Gasteiger charge is 2.38. The van der Waals surface area contributed by atoms with Gasteiger partial charge in [0.1, 0.15) is 0 Å². The molecule has 126 valence electrons. The van der Waals surface area contributed by atoms with E-state index >= 15 is 0 Å². The summed E-state index contributed by atoms with van der Waals surface area (Å²) in [6.45, 7) is 14.2. The summed E-state index contributed by atoms with van der Waals surface area (Å²) in [5, 5.41) is 2.93. The first kappa shape index (κ1) is 15.9. The summed E-state index contributed by atoms with van der Waals surface area (Å²) in [7, 11) is 0. The first-order valence-corrected chi connectivity index (χ1v) is 9.50. The van der Waals surface area contributed by atoms with Gasteiger partial charge in [0, 0.05) is 5.41 Å². The van der Waals surface area contributed by atoms with Crippen LogP contribution in [0.4, 0.5) is 0 Å². The van der Waals surface area contributed by atoms with E-state index in [4.69, 9.17) is 0 Å². The first-order valence-electron chi connectivity index (χ1n) is 9.50. The van der Waals surface area contributed by atoms with Crippen LogP contribution in [0.2, 0.25) is 0 Å². The van der Waals surface area contributed by atoms with Gasteiger partial charge in [0.2, 0.25) is 0 Å². The van der Waals surface area contributed by atoms with Crippen molar-refractivity contribution in [3.8, 4) is 0 Å². The Labute approximate surface area is 146 Å². The van der Waals surface area contributed by atoms with E-state index < -0.39 is 0 Å². The molecule has 0 radical (unpaired) electrons. The molecule has 0 spiro atoms. The van der Waals surface area contributed by atoms with Crippen molar-refractivity contribution in [2.24, 2.45) is 10.8 Å². The molecule has 3 aliphatic carbocycles. The second-order valence-corrected chi connectivity index (χ2v) is 9.53. The topological polar surface area (TPSA) is 0 Å². The van der Waals surface area contributed by atoms with E-state index in [1.807, 2.05) is 0 Å². The second-order valence-electron chi connectivity index (χ2n) is 9.53. The maximum Gasteiger partial charge on any atom is 0.00903 e. The highest BCUT2D eigenvalue weighted by molar-refractivity contribution is 5.82. The molecule has 24 heavy (non-hydrogen) atoms. The third-order valence-electron chi connectivity index (χ3n) is 6.17. The van der Waals surface area contributed by atoms with Gasteiger partial charge in [-0.3, -0.25) is 0 Å². The minimum atomic E-state index is 0.147. The quantitative estimate of drug-likeness (QED) is 0.665. The van der Waals surface area contributed by atoms with Gasteiger partial charge in [-0.25, -0.2) is 0 Å². The average Bonchev–Trinajstić information content (AvgIpc) is 2.84. The molecule has 0 heterocycles. The molecule has 1 aromatic rings. The minimum Gasteiger partial charge on any atom is -0.0750 e. The summed E-state index contributed by atoms with van der Waals surface area (Å²) in [6, 6.07) is 7.13. The van der Waals surface area contributed by atoms with Crippen LogP contribution < -0.4 is 10.4 Å². The first-order chi connectivity index (χ1) is 11.2. The van der Waals surface area contributed by atoms with Crippen LogP contribution in [-0.2, 0) is 0 Å². The van der Waals surface area contributed by atoms with Crippen LogP contribution in [0.5, 0.6) is 0 Å². The molecule has 0 amide bonds. The second kappa shape index (κ2) is 4.97. The molecular formula is C24H30. The molecule has 0 fully saturated rings. The molecule has 4 rings (SSSR count). The summed E-state index contributed by atoms with van der Waals surface area (Å²) < 4.78 is 0. The number of hydrogen-bond donors (Lipinski definition) is 0. The zero-order chi connectivity index (χ0) is 17.3. The Balaban J connectivity index is 2.04. The van der Waals surface area contributed by atoms with Gasteiger partial charge in [-0.05, 0) is 68.9 Å². The highest BCUT2D eigenvalue weighted by atomic mass is 14.4. The lowest BCUT2D eigenvalue weighted by Crippen LogP contribution is -2.36. The Morgan fingerprint density at radius 1 is 0.958 bits per heavy atom. The lowest BCUT2D eigenvalue weighted by Gasteiger charge is -2.31. The Bertz CT molecular complexity index is 898. The van der Waals surface area contributed by atoms with Crippen LogP contribution in [-0.4, -0.2) is 0 Å². The van der Waals surface area contributed by atoms with Gasteiger partial charge in [0.15, 0.2) is 0 Å². The molecule has 0 N–H and O–H groups in total. The van der Waals surface area contributed by atoms with E-state index in [2.05, 4.69) is 71.9 Å². The Morgan fingerprint density at radius 2 is 1.71 bits per heavy atom. The van der Waals surface area contributed by atoms with E-state index in [0.29, 0.717) is 11.3 Å². The Hall–Kier alpha value is -1.56. The molecule has 0 bridgehead atoms. The summed E-state index contributed by atoms with van der Waals surface area (Å²) in [6.07, 6.45) is 8.72. The van der Waals surface area contributed by atoms with Gasteiger partial charge in [0.05, 0.1) is 0 Å². The van der Waals surface area contributed by atoms with Crippen LogP contribution >= 0.6 is 0 Å². The van der Waals surface area contributed by atoms with Gasteiger partial charge in [-0.1, -0.05) is 71.9 Å². The van der Waals surface area contributed by atoms with Gasteiger partial charge in [-0.2, -0.15) is 0 Å². The summed E-state index contributed by atoms with van der Waals surface area (Å²) in [5.41, 5.74) is 8.48. The van der Waals surface area contributed by atoms with Crippen molar-refractivity contribution in [3.05, 3.63) is 57.0 Å². The van der Waals surface area contributed by atoms with Gasteiger partial charge in [-0.15, -0.1) is 0 Å². The standard InChI is InChI=1S/C24H30/c1-15(2)16-7-8-17-14-24(5,6)22-19-9-10-23(3,4)13-18(19)12-21(22)20(17)11-16/h7-8,11,13-15H,9-10,12H2,1-6H3. The highest BCUT2D eigenvalue weighted by Crippen LogP contribution is 2.52. The predicted octanol–water partition coefficient (Wildman–Crippen LogP) is 5.23. The van der Waals surface area contributed by atoms with E-state index in [0.717, 1.165) is 6.42 Å². The van der Waals surface area contributed by atoms with Gasteiger partial charge >= 0.3 is 0 Å². The third-order valence-corrected chi connectivity index (χ3v) is 6.17. The van der Waals surface area contributed by atoms with Crippen LogP contribution in [0.1, 0.15) is 72.3 Å². The predicted molar refractivity (Wildman–Crippen MR) is 104 cm³/mol. The fourth-order valence-electron chi connectivity index (χ4n) is 4.93. The largest absolute Gasteiger partial charge is 0.0750 e. The van der Waals surface area contributed by atoms with Gasteiger partial charge < -0.3 is 0 Å². The van der Waals surface area contributed by atoms with Gasteiger partial charge in [0.25, 0.3) is 0 Å². The van der Waals surface area contributed by atoms with E-state index in [1.165, 1.54) is 28.8 Å². The molecule has 0 unspecified atom stereocenters. The molecule has 0 heteroatoms.